The van der Waals surface area contributed by atoms with E-state index < -0.39 is 0 Å². The molecule has 0 saturated carbocycles. The average Bonchev–Trinajstić information content (AvgIpc) is 2.57. The molecule has 0 aliphatic rings. The predicted octanol–water partition coefficient (Wildman–Crippen LogP) is -0.0442. The maximum Gasteiger partial charge on any atom is 0.190 e. The summed E-state index contributed by atoms with van der Waals surface area (Å²) in [5, 5.41) is 10.1. The molecule has 0 aliphatic heterocycles. The molecular formula is C7H12N4OS. The Bertz CT molecular complexity index is 249. The second-order valence-corrected chi connectivity index (χ2v) is 3.63. The van der Waals surface area contributed by atoms with E-state index in [0.29, 0.717) is 13.0 Å². The second-order valence-electron chi connectivity index (χ2n) is 2.47. The fraction of sp³-hybridized carbons (Fsp3) is 0.571. The van der Waals surface area contributed by atoms with E-state index in [4.69, 9.17) is 5.73 Å². The summed E-state index contributed by atoms with van der Waals surface area (Å²) in [5.41, 5.74) is 6.12. The van der Waals surface area contributed by atoms with Gasteiger partial charge in [-0.15, -0.1) is 5.10 Å². The van der Waals surface area contributed by atoms with Gasteiger partial charge in [0.1, 0.15) is 0 Å². The smallest absolute Gasteiger partial charge is 0.190 e. The number of aromatic amines is 1. The van der Waals surface area contributed by atoms with Crippen molar-refractivity contribution in [2.24, 2.45) is 5.73 Å². The Balaban J connectivity index is 2.11. The number of thioether (sulfide) groups is 1. The van der Waals surface area contributed by atoms with E-state index in [9.17, 15) is 4.79 Å². The number of rotatable bonds is 5. The van der Waals surface area contributed by atoms with Crippen molar-refractivity contribution in [1.29, 1.82) is 0 Å². The minimum atomic E-state index is 0.144. The molecule has 72 valence electrons. The quantitative estimate of drug-likeness (QED) is 0.696. The molecule has 5 nitrogen and oxygen atoms in total. The Hall–Kier alpha value is -0.880. The van der Waals surface area contributed by atoms with Gasteiger partial charge in [-0.25, -0.2) is 0 Å². The van der Waals surface area contributed by atoms with E-state index >= 15 is 0 Å². The van der Waals surface area contributed by atoms with Crippen LogP contribution >= 0.6 is 11.8 Å². The number of hydrogen-bond donors (Lipinski definition) is 2. The van der Waals surface area contributed by atoms with Gasteiger partial charge in [0.25, 0.3) is 0 Å². The van der Waals surface area contributed by atoms with Gasteiger partial charge in [0.15, 0.2) is 5.12 Å². The van der Waals surface area contributed by atoms with Crippen LogP contribution in [0.25, 0.3) is 0 Å². The van der Waals surface area contributed by atoms with Crippen LogP contribution < -0.4 is 5.73 Å². The molecule has 0 aliphatic carbocycles. The third-order valence-electron chi connectivity index (χ3n) is 1.44. The number of nitrogens with zero attached hydrogens (tertiary/aromatic N) is 2. The van der Waals surface area contributed by atoms with Crippen molar-refractivity contribution in [3.8, 4) is 0 Å². The lowest BCUT2D eigenvalue weighted by Crippen LogP contribution is -2.05. The Morgan fingerprint density at radius 1 is 1.69 bits per heavy atom. The van der Waals surface area contributed by atoms with Gasteiger partial charge < -0.3 is 5.73 Å². The van der Waals surface area contributed by atoms with Crippen LogP contribution in [0.4, 0.5) is 0 Å². The maximum atomic E-state index is 11.0. The van der Waals surface area contributed by atoms with Gasteiger partial charge >= 0.3 is 0 Å². The number of nitrogens with two attached hydrogens (primary N) is 1. The number of nitrogens with one attached hydrogen (secondary N) is 1. The first-order chi connectivity index (χ1) is 6.33. The van der Waals surface area contributed by atoms with E-state index in [-0.39, 0.29) is 5.12 Å². The molecular weight excluding hydrogens is 188 g/mol. The highest BCUT2D eigenvalue weighted by atomic mass is 32.2. The number of H-pyrrole nitrogens is 1. The van der Waals surface area contributed by atoms with Crippen molar-refractivity contribution in [2.75, 3.05) is 12.3 Å². The van der Waals surface area contributed by atoms with Crippen molar-refractivity contribution in [2.45, 2.75) is 12.8 Å². The van der Waals surface area contributed by atoms with Crippen molar-refractivity contribution in [3.63, 3.8) is 0 Å². The minimum absolute atomic E-state index is 0.144. The lowest BCUT2D eigenvalue weighted by molar-refractivity contribution is -0.110. The molecule has 1 rings (SSSR count). The molecule has 0 fully saturated rings. The van der Waals surface area contributed by atoms with Crippen molar-refractivity contribution < 1.29 is 4.79 Å². The standard InChI is InChI=1S/C7H12N4OS/c8-3-1-7(12)13-4-2-6-5-9-11-10-6/h5H,1-4,8H2,(H,9,10,11). The summed E-state index contributed by atoms with van der Waals surface area (Å²) in [7, 11) is 0. The van der Waals surface area contributed by atoms with Crippen LogP contribution in [0.2, 0.25) is 0 Å². The fourth-order valence-corrected chi connectivity index (χ4v) is 1.61. The Kier molecular flexibility index (Phi) is 4.48. The summed E-state index contributed by atoms with van der Waals surface area (Å²) in [4.78, 5) is 11.0. The Morgan fingerprint density at radius 3 is 3.15 bits per heavy atom. The summed E-state index contributed by atoms with van der Waals surface area (Å²) in [6.07, 6.45) is 2.94. The monoisotopic (exact) mass is 200 g/mol. The van der Waals surface area contributed by atoms with Crippen LogP contribution in [0.3, 0.4) is 0 Å². The normalized spacial score (nSPS) is 10.2. The predicted molar refractivity (Wildman–Crippen MR) is 51.2 cm³/mol. The topological polar surface area (TPSA) is 84.7 Å². The summed E-state index contributed by atoms with van der Waals surface area (Å²) < 4.78 is 0. The van der Waals surface area contributed by atoms with Crippen molar-refractivity contribution in [3.05, 3.63) is 11.9 Å². The third kappa shape index (κ3) is 4.05. The largest absolute Gasteiger partial charge is 0.330 e. The zero-order chi connectivity index (χ0) is 9.52. The number of aryl methyl sites for hydroxylation is 1. The second kappa shape index (κ2) is 5.71. The third-order valence-corrected chi connectivity index (χ3v) is 2.37. The van der Waals surface area contributed by atoms with Crippen LogP contribution in [0.1, 0.15) is 12.1 Å². The minimum Gasteiger partial charge on any atom is -0.330 e. The molecule has 0 amide bonds. The van der Waals surface area contributed by atoms with Crippen LogP contribution in [0.15, 0.2) is 6.20 Å². The fourth-order valence-electron chi connectivity index (χ4n) is 0.807. The van der Waals surface area contributed by atoms with Crippen LogP contribution in [0.5, 0.6) is 0 Å². The van der Waals surface area contributed by atoms with E-state index in [1.165, 1.54) is 11.8 Å². The number of hydrogen-bond acceptors (Lipinski definition) is 5. The molecule has 1 aromatic rings. The molecule has 0 unspecified atom stereocenters. The zero-order valence-corrected chi connectivity index (χ0v) is 8.01. The Morgan fingerprint density at radius 2 is 2.54 bits per heavy atom. The molecule has 0 radical (unpaired) electrons. The summed E-state index contributed by atoms with van der Waals surface area (Å²) >= 11 is 1.30. The number of carbonyl (C=O) groups is 1. The van der Waals surface area contributed by atoms with E-state index in [1.807, 2.05) is 0 Å². The van der Waals surface area contributed by atoms with Crippen molar-refractivity contribution in [1.82, 2.24) is 15.4 Å². The van der Waals surface area contributed by atoms with Crippen LogP contribution in [-0.2, 0) is 11.2 Å². The average molecular weight is 200 g/mol. The molecule has 1 aromatic heterocycles. The summed E-state index contributed by atoms with van der Waals surface area (Å²) in [6.45, 7) is 0.426. The van der Waals surface area contributed by atoms with Gasteiger partial charge in [-0.05, 0) is 0 Å². The van der Waals surface area contributed by atoms with Crippen molar-refractivity contribution >= 4 is 16.9 Å². The van der Waals surface area contributed by atoms with Gasteiger partial charge in [0.2, 0.25) is 0 Å². The van der Waals surface area contributed by atoms with Gasteiger partial charge in [0.05, 0.1) is 5.69 Å². The first-order valence-corrected chi connectivity index (χ1v) is 5.02. The molecule has 13 heavy (non-hydrogen) atoms. The molecule has 0 aromatic carbocycles. The molecule has 0 atom stereocenters. The molecule has 0 spiro atoms. The first kappa shape index (κ1) is 10.2. The molecule has 1 heterocycles. The molecule has 0 bridgehead atoms. The van der Waals surface area contributed by atoms with E-state index in [1.54, 1.807) is 6.20 Å². The van der Waals surface area contributed by atoms with Gasteiger partial charge in [-0.1, -0.05) is 17.0 Å². The number of aromatic nitrogens is 3. The Labute approximate surface area is 80.5 Å². The lowest BCUT2D eigenvalue weighted by atomic mass is 10.4. The summed E-state index contributed by atoms with van der Waals surface area (Å²) in [6, 6.07) is 0. The van der Waals surface area contributed by atoms with Gasteiger partial charge in [-0.2, -0.15) is 0 Å². The van der Waals surface area contributed by atoms with Crippen LogP contribution in [0, 0.1) is 0 Å². The molecule has 6 heteroatoms. The van der Waals surface area contributed by atoms with E-state index in [0.717, 1.165) is 17.9 Å². The van der Waals surface area contributed by atoms with Gasteiger partial charge in [0, 0.05) is 31.3 Å². The zero-order valence-electron chi connectivity index (χ0n) is 7.19. The lowest BCUT2D eigenvalue weighted by Gasteiger charge is -1.96. The first-order valence-electron chi connectivity index (χ1n) is 4.04. The highest BCUT2D eigenvalue weighted by Gasteiger charge is 2.02. The maximum absolute atomic E-state index is 11.0. The highest BCUT2D eigenvalue weighted by molar-refractivity contribution is 8.13. The highest BCUT2D eigenvalue weighted by Crippen LogP contribution is 2.06. The molecule has 0 saturated heterocycles. The number of carbonyl (C=O) groups excluding carboxylic acids is 1. The van der Waals surface area contributed by atoms with E-state index in [2.05, 4.69) is 15.4 Å². The summed E-state index contributed by atoms with van der Waals surface area (Å²) in [5.74, 6) is 0.741. The van der Waals surface area contributed by atoms with Crippen LogP contribution in [-0.4, -0.2) is 32.8 Å². The van der Waals surface area contributed by atoms with Gasteiger partial charge in [-0.3, -0.25) is 9.89 Å². The SMILES string of the molecule is NCCC(=O)SCCc1c[nH]nn1. The molecule has 3 N–H and O–H groups in total.